The van der Waals surface area contributed by atoms with Gasteiger partial charge in [0.15, 0.2) is 0 Å². The van der Waals surface area contributed by atoms with Crippen molar-refractivity contribution < 1.29 is 14.6 Å². The summed E-state index contributed by atoms with van der Waals surface area (Å²) >= 11 is 0. The number of ether oxygens (including phenoxy) is 1. The molecule has 0 aliphatic rings. The fraction of sp³-hybridized carbons (Fsp3) is 0.167. The summed E-state index contributed by atoms with van der Waals surface area (Å²) in [5.41, 5.74) is 0. The average Bonchev–Trinajstić information content (AvgIpc) is 1.80. The van der Waals surface area contributed by atoms with Crippen LogP contribution in [0.25, 0.3) is 0 Å². The molecule has 0 unspecified atom stereocenters. The van der Waals surface area contributed by atoms with Crippen molar-refractivity contribution in [1.29, 1.82) is 0 Å². The van der Waals surface area contributed by atoms with E-state index in [0.717, 1.165) is 0 Å². The smallest absolute Gasteiger partial charge is 0.307 e. The summed E-state index contributed by atoms with van der Waals surface area (Å²) < 4.78 is 4.50. The molecule has 0 heterocycles. The first-order valence-corrected chi connectivity index (χ1v) is 2.40. The second-order valence-electron chi connectivity index (χ2n) is 1.27. The maximum absolute atomic E-state index is 9.83. The second kappa shape index (κ2) is 4.90. The van der Waals surface area contributed by atoms with Gasteiger partial charge in [0.2, 0.25) is 0 Å². The Bertz CT molecular complexity index is 126. The minimum atomic E-state index is -0.876. The third kappa shape index (κ3) is 6.75. The number of hydrogen-bond acceptors (Lipinski definition) is 2. The van der Waals surface area contributed by atoms with Gasteiger partial charge in [-0.05, 0) is 6.08 Å². The van der Waals surface area contributed by atoms with Crippen LogP contribution in [0.15, 0.2) is 25.2 Å². The number of hydrogen-bond donors (Lipinski definition) is 1. The van der Waals surface area contributed by atoms with Crippen LogP contribution in [0.4, 0.5) is 0 Å². The second-order valence-corrected chi connectivity index (χ2v) is 1.27. The third-order valence-corrected chi connectivity index (χ3v) is 0.563. The maximum atomic E-state index is 9.83. The van der Waals surface area contributed by atoms with Gasteiger partial charge in [0.05, 0.1) is 18.9 Å². The first-order chi connectivity index (χ1) is 4.27. The van der Waals surface area contributed by atoms with Gasteiger partial charge in [-0.25, -0.2) is 0 Å². The molecule has 0 atom stereocenters. The van der Waals surface area contributed by atoms with Crippen molar-refractivity contribution in [3.63, 3.8) is 0 Å². The Hall–Kier alpha value is -1.25. The van der Waals surface area contributed by atoms with Crippen LogP contribution in [-0.4, -0.2) is 11.1 Å². The van der Waals surface area contributed by atoms with Crippen molar-refractivity contribution in [2.45, 2.75) is 6.42 Å². The number of carboxylic acids is 1. The Morgan fingerprint density at radius 1 is 1.78 bits per heavy atom. The molecule has 0 aliphatic heterocycles. The molecule has 0 bridgehead atoms. The quantitative estimate of drug-likeness (QED) is 0.577. The molecule has 1 N–H and O–H groups in total. The van der Waals surface area contributed by atoms with E-state index in [2.05, 4.69) is 11.3 Å². The third-order valence-electron chi connectivity index (χ3n) is 0.563. The Balaban J connectivity index is 3.24. The van der Waals surface area contributed by atoms with E-state index in [0.29, 0.717) is 0 Å². The van der Waals surface area contributed by atoms with E-state index in [4.69, 9.17) is 5.11 Å². The van der Waals surface area contributed by atoms with Crippen molar-refractivity contribution in [1.82, 2.24) is 0 Å². The van der Waals surface area contributed by atoms with E-state index in [1.54, 1.807) is 0 Å². The van der Waals surface area contributed by atoms with Crippen LogP contribution in [0.5, 0.6) is 0 Å². The molecule has 50 valence electrons. The van der Waals surface area contributed by atoms with Gasteiger partial charge in [-0.3, -0.25) is 4.79 Å². The SMILES string of the molecule is C=COC=CCC(=O)O. The Kier molecular flexibility index (Phi) is 4.22. The summed E-state index contributed by atoms with van der Waals surface area (Å²) in [6.07, 6.45) is 3.87. The van der Waals surface area contributed by atoms with Crippen molar-refractivity contribution in [3.05, 3.63) is 25.2 Å². The molecule has 0 radical (unpaired) electrons. The standard InChI is InChI=1S/C6H8O3/c1-2-9-5-3-4-6(7)8/h2-3,5H,1,4H2,(H,7,8). The topological polar surface area (TPSA) is 46.5 Å². The van der Waals surface area contributed by atoms with E-state index in [9.17, 15) is 4.79 Å². The number of carboxylic acid groups (broad SMARTS) is 1. The largest absolute Gasteiger partial charge is 0.481 e. The van der Waals surface area contributed by atoms with Crippen molar-refractivity contribution in [2.24, 2.45) is 0 Å². The van der Waals surface area contributed by atoms with E-state index >= 15 is 0 Å². The Morgan fingerprint density at radius 2 is 2.44 bits per heavy atom. The summed E-state index contributed by atoms with van der Waals surface area (Å²) in [4.78, 5) is 9.83. The molecular weight excluding hydrogens is 120 g/mol. The van der Waals surface area contributed by atoms with Crippen LogP contribution in [0.3, 0.4) is 0 Å². The van der Waals surface area contributed by atoms with Crippen LogP contribution in [-0.2, 0) is 9.53 Å². The zero-order chi connectivity index (χ0) is 7.11. The predicted molar refractivity (Wildman–Crippen MR) is 32.7 cm³/mol. The highest BCUT2D eigenvalue weighted by Crippen LogP contribution is 1.83. The van der Waals surface area contributed by atoms with Gasteiger partial charge < -0.3 is 9.84 Å². The maximum Gasteiger partial charge on any atom is 0.307 e. The number of aliphatic carboxylic acids is 1. The van der Waals surface area contributed by atoms with Crippen molar-refractivity contribution in [2.75, 3.05) is 0 Å². The van der Waals surface area contributed by atoms with E-state index < -0.39 is 5.97 Å². The minimum absolute atomic E-state index is 0.0200. The highest BCUT2D eigenvalue weighted by Gasteiger charge is 1.87. The average molecular weight is 128 g/mol. The summed E-state index contributed by atoms with van der Waals surface area (Å²) in [6, 6.07) is 0. The van der Waals surface area contributed by atoms with Gasteiger partial charge in [0.25, 0.3) is 0 Å². The van der Waals surface area contributed by atoms with Gasteiger partial charge in [0, 0.05) is 0 Å². The zero-order valence-electron chi connectivity index (χ0n) is 4.91. The van der Waals surface area contributed by atoms with Gasteiger partial charge >= 0.3 is 5.97 Å². The zero-order valence-corrected chi connectivity index (χ0v) is 4.91. The lowest BCUT2D eigenvalue weighted by Crippen LogP contribution is -1.89. The summed E-state index contributed by atoms with van der Waals surface area (Å²) in [5.74, 6) is -0.876. The molecule has 0 rings (SSSR count). The molecule has 0 aromatic heterocycles. The molecule has 0 saturated carbocycles. The molecule has 0 aromatic rings. The van der Waals surface area contributed by atoms with Crippen molar-refractivity contribution >= 4 is 5.97 Å². The normalized spacial score (nSPS) is 9.33. The summed E-state index contributed by atoms with van der Waals surface area (Å²) in [5, 5.41) is 8.08. The molecule has 3 heteroatoms. The van der Waals surface area contributed by atoms with Gasteiger partial charge in [-0.1, -0.05) is 6.58 Å². The summed E-state index contributed by atoms with van der Waals surface area (Å²) in [7, 11) is 0. The molecule has 0 saturated heterocycles. The minimum Gasteiger partial charge on any atom is -0.481 e. The molecule has 0 amide bonds. The van der Waals surface area contributed by atoms with Crippen molar-refractivity contribution in [3.8, 4) is 0 Å². The Labute approximate surface area is 53.3 Å². The van der Waals surface area contributed by atoms with Gasteiger partial charge in [0.1, 0.15) is 0 Å². The molecule has 3 nitrogen and oxygen atoms in total. The first-order valence-electron chi connectivity index (χ1n) is 2.40. The first kappa shape index (κ1) is 7.75. The Morgan fingerprint density at radius 3 is 2.89 bits per heavy atom. The lowest BCUT2D eigenvalue weighted by molar-refractivity contribution is -0.136. The fourth-order valence-corrected chi connectivity index (χ4v) is 0.260. The van der Waals surface area contributed by atoms with E-state index in [1.165, 1.54) is 18.6 Å². The van der Waals surface area contributed by atoms with Gasteiger partial charge in [-0.2, -0.15) is 0 Å². The highest BCUT2D eigenvalue weighted by molar-refractivity contribution is 5.68. The lowest BCUT2D eigenvalue weighted by Gasteiger charge is -1.84. The highest BCUT2D eigenvalue weighted by atomic mass is 16.5. The predicted octanol–water partition coefficient (Wildman–Crippen LogP) is 1.13. The summed E-state index contributed by atoms with van der Waals surface area (Å²) in [6.45, 7) is 3.26. The monoisotopic (exact) mass is 128 g/mol. The fourth-order valence-electron chi connectivity index (χ4n) is 0.260. The van der Waals surface area contributed by atoms with Crippen LogP contribution >= 0.6 is 0 Å². The van der Waals surface area contributed by atoms with Crippen LogP contribution in [0.1, 0.15) is 6.42 Å². The molecule has 0 aliphatic carbocycles. The molecule has 9 heavy (non-hydrogen) atoms. The van der Waals surface area contributed by atoms with E-state index in [-0.39, 0.29) is 6.42 Å². The lowest BCUT2D eigenvalue weighted by atomic mass is 10.4. The molecule has 0 spiro atoms. The molecular formula is C6H8O3. The van der Waals surface area contributed by atoms with E-state index in [1.807, 2.05) is 0 Å². The van der Waals surface area contributed by atoms with Crippen LogP contribution in [0, 0.1) is 0 Å². The van der Waals surface area contributed by atoms with Gasteiger partial charge in [-0.15, -0.1) is 0 Å². The van der Waals surface area contributed by atoms with Crippen LogP contribution < -0.4 is 0 Å². The molecule has 0 aromatic carbocycles. The molecule has 0 fully saturated rings. The van der Waals surface area contributed by atoms with Crippen LogP contribution in [0.2, 0.25) is 0 Å². The number of rotatable bonds is 4. The number of carbonyl (C=O) groups is 1.